The van der Waals surface area contributed by atoms with E-state index in [0.717, 1.165) is 0 Å². The first-order valence-electron chi connectivity index (χ1n) is 11.4. The quantitative estimate of drug-likeness (QED) is 0.304. The minimum absolute atomic E-state index is 0. The van der Waals surface area contributed by atoms with Crippen LogP contribution in [0.2, 0.25) is 0 Å². The molecule has 0 radical (unpaired) electrons. The molecule has 0 N–H and O–H groups in total. The molecule has 0 saturated heterocycles. The monoisotopic (exact) mass is 420 g/mol. The van der Waals surface area contributed by atoms with Crippen molar-refractivity contribution in [2.75, 3.05) is 12.8 Å². The van der Waals surface area contributed by atoms with Gasteiger partial charge in [0, 0.05) is 0 Å². The first-order valence-corrected chi connectivity index (χ1v) is 13.4. The summed E-state index contributed by atoms with van der Waals surface area (Å²) in [5.74, 6) is 0. The molecule has 160 valence electrons. The van der Waals surface area contributed by atoms with Gasteiger partial charge < -0.3 is 5.11 Å². The van der Waals surface area contributed by atoms with E-state index in [1.54, 1.807) is 6.92 Å². The smallest absolute Gasteiger partial charge is 0.112 e. The van der Waals surface area contributed by atoms with Gasteiger partial charge in [0.05, 0.1) is 6.16 Å². The van der Waals surface area contributed by atoms with Crippen molar-refractivity contribution in [2.45, 2.75) is 52.4 Å². The summed E-state index contributed by atoms with van der Waals surface area (Å²) < 4.78 is 0. The number of benzene rings is 3. The van der Waals surface area contributed by atoms with Crippen molar-refractivity contribution in [3.8, 4) is 0 Å². The summed E-state index contributed by atoms with van der Waals surface area (Å²) in [4.78, 5) is 0. The first-order chi connectivity index (χ1) is 14.8. The van der Waals surface area contributed by atoms with E-state index in [9.17, 15) is 0 Å². The molecule has 0 heterocycles. The van der Waals surface area contributed by atoms with Gasteiger partial charge in [0.1, 0.15) is 23.2 Å². The normalized spacial score (nSPS) is 10.9. The van der Waals surface area contributed by atoms with Gasteiger partial charge >= 0.3 is 0 Å². The zero-order chi connectivity index (χ0) is 21.5. The molecule has 0 aliphatic heterocycles. The minimum Gasteiger partial charge on any atom is -0.855 e. The van der Waals surface area contributed by atoms with Crippen LogP contribution in [0.4, 0.5) is 0 Å². The highest BCUT2D eigenvalue weighted by Crippen LogP contribution is 2.55. The second kappa shape index (κ2) is 14.1. The standard InChI is InChI=1S/C26H32P.C2H5O/c1-2-3-4-5-6-16-23-27(24-17-10-7-11-18-24,25-19-12-8-13-20-25)26-21-14-9-15-22-26;1-2-3/h7-15,17-22H,2-6,16,23H2,1H3;2H2,1H3/q+1;-1. The summed E-state index contributed by atoms with van der Waals surface area (Å²) in [5.41, 5.74) is 0. The fourth-order valence-corrected chi connectivity index (χ4v) is 8.42. The molecule has 0 bridgehead atoms. The van der Waals surface area contributed by atoms with Gasteiger partial charge in [-0.05, 0) is 49.2 Å². The van der Waals surface area contributed by atoms with Crippen LogP contribution in [0.25, 0.3) is 0 Å². The third kappa shape index (κ3) is 6.79. The van der Waals surface area contributed by atoms with Crippen LogP contribution in [-0.2, 0) is 0 Å². The molecule has 2 heteroatoms. The molecule has 3 aromatic carbocycles. The van der Waals surface area contributed by atoms with Gasteiger partial charge in [0.15, 0.2) is 0 Å². The molecule has 0 aromatic heterocycles. The number of hydrogen-bond donors (Lipinski definition) is 0. The molecule has 3 rings (SSSR count). The van der Waals surface area contributed by atoms with Crippen LogP contribution in [0, 0.1) is 0 Å². The summed E-state index contributed by atoms with van der Waals surface area (Å²) in [6.45, 7) is 3.86. The van der Waals surface area contributed by atoms with Gasteiger partial charge in [-0.3, -0.25) is 0 Å². The van der Waals surface area contributed by atoms with Gasteiger partial charge in [-0.2, -0.15) is 0 Å². The Morgan fingerprint density at radius 1 is 0.533 bits per heavy atom. The van der Waals surface area contributed by atoms with Crippen LogP contribution in [-0.4, -0.2) is 12.8 Å². The predicted molar refractivity (Wildman–Crippen MR) is 134 cm³/mol. The van der Waals surface area contributed by atoms with E-state index in [2.05, 4.69) is 97.9 Å². The van der Waals surface area contributed by atoms with Crippen molar-refractivity contribution in [3.63, 3.8) is 0 Å². The third-order valence-electron chi connectivity index (χ3n) is 5.44. The van der Waals surface area contributed by atoms with Gasteiger partial charge in [0.25, 0.3) is 0 Å². The number of unbranched alkanes of at least 4 members (excludes halogenated alkanes) is 5. The molecule has 0 aliphatic rings. The molecule has 0 amide bonds. The predicted octanol–water partition coefficient (Wildman–Crippen LogP) is 5.71. The molecule has 1 nitrogen and oxygen atoms in total. The summed E-state index contributed by atoms with van der Waals surface area (Å²) in [5, 5.41) is 13.5. The van der Waals surface area contributed by atoms with E-state index in [-0.39, 0.29) is 6.61 Å². The largest absolute Gasteiger partial charge is 0.855 e. The molecule has 3 aromatic rings. The van der Waals surface area contributed by atoms with E-state index < -0.39 is 7.26 Å². The first kappa shape index (κ1) is 24.3. The van der Waals surface area contributed by atoms with Crippen molar-refractivity contribution in [1.82, 2.24) is 0 Å². The highest BCUT2D eigenvalue weighted by atomic mass is 31.2. The second-order valence-corrected chi connectivity index (χ2v) is 11.2. The van der Waals surface area contributed by atoms with Crippen LogP contribution < -0.4 is 21.0 Å². The summed E-state index contributed by atoms with van der Waals surface area (Å²) in [6.07, 6.45) is 9.34. The van der Waals surface area contributed by atoms with E-state index in [4.69, 9.17) is 5.11 Å². The Kier molecular flexibility index (Phi) is 11.5. The Bertz CT molecular complexity index is 690. The zero-order valence-corrected chi connectivity index (χ0v) is 19.6. The molecule has 0 spiro atoms. The lowest BCUT2D eigenvalue weighted by atomic mass is 10.1. The Balaban J connectivity index is 0.00000101. The lowest BCUT2D eigenvalue weighted by Crippen LogP contribution is -2.33. The van der Waals surface area contributed by atoms with E-state index in [0.29, 0.717) is 0 Å². The molecule has 0 unspecified atom stereocenters. The van der Waals surface area contributed by atoms with Gasteiger partial charge in [0.2, 0.25) is 0 Å². The third-order valence-corrected chi connectivity index (χ3v) is 9.96. The van der Waals surface area contributed by atoms with Gasteiger partial charge in [-0.1, -0.05) is 94.1 Å². The van der Waals surface area contributed by atoms with E-state index in [1.807, 2.05) is 0 Å². The maximum absolute atomic E-state index is 8.93. The number of rotatable bonds is 10. The molecule has 0 saturated carbocycles. The fraction of sp³-hybridized carbons (Fsp3) is 0.357. The summed E-state index contributed by atoms with van der Waals surface area (Å²) >= 11 is 0. The van der Waals surface area contributed by atoms with Gasteiger partial charge in [-0.25, -0.2) is 0 Å². The van der Waals surface area contributed by atoms with Crippen LogP contribution in [0.3, 0.4) is 0 Å². The van der Waals surface area contributed by atoms with Gasteiger partial charge in [-0.15, -0.1) is 6.61 Å². The van der Waals surface area contributed by atoms with Crippen molar-refractivity contribution in [2.24, 2.45) is 0 Å². The maximum atomic E-state index is 8.93. The Labute approximate surface area is 184 Å². The molecular weight excluding hydrogens is 383 g/mol. The molecule has 0 atom stereocenters. The van der Waals surface area contributed by atoms with Crippen LogP contribution in [0.5, 0.6) is 0 Å². The molecule has 0 aliphatic carbocycles. The number of hydrogen-bond acceptors (Lipinski definition) is 1. The van der Waals surface area contributed by atoms with E-state index in [1.165, 1.54) is 60.6 Å². The average molecular weight is 421 g/mol. The Morgan fingerprint density at radius 2 is 0.867 bits per heavy atom. The van der Waals surface area contributed by atoms with Crippen molar-refractivity contribution in [1.29, 1.82) is 0 Å². The Morgan fingerprint density at radius 3 is 1.23 bits per heavy atom. The van der Waals surface area contributed by atoms with Crippen molar-refractivity contribution in [3.05, 3.63) is 91.0 Å². The van der Waals surface area contributed by atoms with Crippen LogP contribution >= 0.6 is 7.26 Å². The average Bonchev–Trinajstić information content (AvgIpc) is 2.81. The lowest BCUT2D eigenvalue weighted by Gasteiger charge is -2.27. The zero-order valence-electron chi connectivity index (χ0n) is 18.7. The molecule has 0 fully saturated rings. The molecule has 30 heavy (non-hydrogen) atoms. The summed E-state index contributed by atoms with van der Waals surface area (Å²) in [6, 6.07) is 33.8. The van der Waals surface area contributed by atoms with Crippen molar-refractivity contribution >= 4 is 23.2 Å². The Hall–Kier alpha value is -1.95. The highest BCUT2D eigenvalue weighted by molar-refractivity contribution is 7.95. The maximum Gasteiger partial charge on any atom is 0.112 e. The van der Waals surface area contributed by atoms with Crippen LogP contribution in [0.15, 0.2) is 91.0 Å². The fourth-order valence-electron chi connectivity index (χ4n) is 4.01. The topological polar surface area (TPSA) is 23.1 Å². The second-order valence-electron chi connectivity index (χ2n) is 7.60. The lowest BCUT2D eigenvalue weighted by molar-refractivity contribution is -0.361. The SMILES string of the molecule is CCCCCCCC[P+](c1ccccc1)(c1ccccc1)c1ccccc1.CC[O-]. The van der Waals surface area contributed by atoms with E-state index >= 15 is 0 Å². The summed E-state index contributed by atoms with van der Waals surface area (Å²) in [7, 11) is -1.61. The molecular formula is C28H37OP. The highest BCUT2D eigenvalue weighted by Gasteiger charge is 2.44. The van der Waals surface area contributed by atoms with Crippen molar-refractivity contribution < 1.29 is 5.11 Å². The van der Waals surface area contributed by atoms with Crippen LogP contribution in [0.1, 0.15) is 52.4 Å². The minimum atomic E-state index is -1.61.